The standard InChI is InChI=1S/C13H17FN2O2S3/c1-21(17,18)12-8-20-5-4-16(12)7-9-6-10(14)2-3-11(9)13(15)19/h2-3,6,12H,4-5,7-8H2,1H3,(H2,15,19). The quantitative estimate of drug-likeness (QED) is 0.830. The molecule has 0 spiro atoms. The Morgan fingerprint density at radius 1 is 1.57 bits per heavy atom. The van der Waals surface area contributed by atoms with E-state index >= 15 is 0 Å². The first-order valence-corrected chi connectivity index (χ1v) is 9.89. The van der Waals surface area contributed by atoms with Gasteiger partial charge in [-0.25, -0.2) is 12.8 Å². The maximum Gasteiger partial charge on any atom is 0.164 e. The highest BCUT2D eigenvalue weighted by atomic mass is 32.2. The Bertz CT molecular complexity index is 649. The molecule has 0 aromatic heterocycles. The molecule has 1 unspecified atom stereocenters. The van der Waals surface area contributed by atoms with Gasteiger partial charge in [-0.15, -0.1) is 0 Å². The average Bonchev–Trinajstić information content (AvgIpc) is 2.37. The van der Waals surface area contributed by atoms with Crippen molar-refractivity contribution < 1.29 is 12.8 Å². The molecule has 21 heavy (non-hydrogen) atoms. The van der Waals surface area contributed by atoms with Crippen LogP contribution < -0.4 is 5.73 Å². The maximum atomic E-state index is 13.5. The summed E-state index contributed by atoms with van der Waals surface area (Å²) in [5.41, 5.74) is 6.88. The summed E-state index contributed by atoms with van der Waals surface area (Å²) in [6.07, 6.45) is 1.23. The highest BCUT2D eigenvalue weighted by Crippen LogP contribution is 2.24. The molecule has 1 aliphatic heterocycles. The normalized spacial score (nSPS) is 20.4. The molecule has 0 radical (unpaired) electrons. The Kier molecular flexibility index (Phi) is 5.24. The molecule has 1 aromatic rings. The van der Waals surface area contributed by atoms with E-state index in [0.717, 1.165) is 5.75 Å². The summed E-state index contributed by atoms with van der Waals surface area (Å²) in [4.78, 5) is 2.04. The molecule has 0 bridgehead atoms. The first kappa shape index (κ1) is 16.7. The molecule has 1 atom stereocenters. The molecule has 1 aliphatic rings. The molecular weight excluding hydrogens is 331 g/mol. The van der Waals surface area contributed by atoms with Crippen LogP contribution in [0.25, 0.3) is 0 Å². The van der Waals surface area contributed by atoms with Gasteiger partial charge in [-0.05, 0) is 23.8 Å². The van der Waals surface area contributed by atoms with Crippen LogP contribution in [0.4, 0.5) is 4.39 Å². The van der Waals surface area contributed by atoms with E-state index in [0.29, 0.717) is 30.0 Å². The molecule has 1 saturated heterocycles. The van der Waals surface area contributed by atoms with Gasteiger partial charge in [-0.3, -0.25) is 4.90 Å². The van der Waals surface area contributed by atoms with Crippen molar-refractivity contribution >= 4 is 38.8 Å². The molecule has 8 heteroatoms. The Hall–Kier alpha value is -0.700. The van der Waals surface area contributed by atoms with Crippen molar-refractivity contribution in [3.05, 3.63) is 35.1 Å². The van der Waals surface area contributed by atoms with E-state index in [1.807, 2.05) is 4.90 Å². The number of rotatable bonds is 4. The fraction of sp³-hybridized carbons (Fsp3) is 0.462. The van der Waals surface area contributed by atoms with Crippen LogP contribution in [0.1, 0.15) is 11.1 Å². The van der Waals surface area contributed by atoms with Crippen LogP contribution >= 0.6 is 24.0 Å². The second-order valence-electron chi connectivity index (χ2n) is 5.00. The van der Waals surface area contributed by atoms with Gasteiger partial charge >= 0.3 is 0 Å². The van der Waals surface area contributed by atoms with Crippen LogP contribution in [0.5, 0.6) is 0 Å². The highest BCUT2D eigenvalue weighted by Gasteiger charge is 2.31. The number of hydrogen-bond acceptors (Lipinski definition) is 5. The lowest BCUT2D eigenvalue weighted by atomic mass is 10.1. The van der Waals surface area contributed by atoms with Crippen LogP contribution in [-0.2, 0) is 16.4 Å². The third-order valence-electron chi connectivity index (χ3n) is 3.39. The number of hydrogen-bond donors (Lipinski definition) is 1. The minimum atomic E-state index is -3.19. The van der Waals surface area contributed by atoms with Crippen molar-refractivity contribution in [2.24, 2.45) is 5.73 Å². The molecule has 4 nitrogen and oxygen atoms in total. The van der Waals surface area contributed by atoms with Crippen molar-refractivity contribution in [2.75, 3.05) is 24.3 Å². The average molecular weight is 348 g/mol. The fourth-order valence-electron chi connectivity index (χ4n) is 2.34. The van der Waals surface area contributed by atoms with Crippen molar-refractivity contribution in [1.82, 2.24) is 4.90 Å². The predicted molar refractivity (Wildman–Crippen MR) is 88.7 cm³/mol. The Morgan fingerprint density at radius 2 is 2.29 bits per heavy atom. The number of sulfone groups is 1. The van der Waals surface area contributed by atoms with Gasteiger partial charge in [0.25, 0.3) is 0 Å². The molecule has 2 N–H and O–H groups in total. The molecule has 1 fully saturated rings. The van der Waals surface area contributed by atoms with Gasteiger partial charge in [-0.1, -0.05) is 12.2 Å². The lowest BCUT2D eigenvalue weighted by Crippen LogP contribution is -2.46. The van der Waals surface area contributed by atoms with Gasteiger partial charge in [0.05, 0.1) is 0 Å². The topological polar surface area (TPSA) is 63.4 Å². The summed E-state index contributed by atoms with van der Waals surface area (Å²) >= 11 is 6.59. The minimum absolute atomic E-state index is 0.187. The summed E-state index contributed by atoms with van der Waals surface area (Å²) in [6.45, 7) is 0.957. The molecule has 1 aromatic carbocycles. The van der Waals surface area contributed by atoms with Crippen LogP contribution in [0.15, 0.2) is 18.2 Å². The van der Waals surface area contributed by atoms with Crippen LogP contribution in [0, 0.1) is 5.82 Å². The van der Waals surface area contributed by atoms with E-state index in [-0.39, 0.29) is 10.8 Å². The summed E-state index contributed by atoms with van der Waals surface area (Å²) in [6, 6.07) is 4.22. The number of thiocarbonyl (C=S) groups is 1. The third kappa shape index (κ3) is 4.15. The summed E-state index contributed by atoms with van der Waals surface area (Å²) < 4.78 is 37.3. The van der Waals surface area contributed by atoms with Crippen LogP contribution in [0.2, 0.25) is 0 Å². The zero-order valence-electron chi connectivity index (χ0n) is 11.6. The van der Waals surface area contributed by atoms with E-state index in [4.69, 9.17) is 18.0 Å². The molecule has 0 saturated carbocycles. The van der Waals surface area contributed by atoms with E-state index in [1.54, 1.807) is 17.8 Å². The fourth-order valence-corrected chi connectivity index (χ4v) is 5.48. The number of nitrogens with two attached hydrogens (primary N) is 1. The van der Waals surface area contributed by atoms with Gasteiger partial charge in [0.15, 0.2) is 9.84 Å². The molecule has 0 aliphatic carbocycles. The predicted octanol–water partition coefficient (Wildman–Crippen LogP) is 1.38. The number of nitrogens with zero attached hydrogens (tertiary/aromatic N) is 1. The summed E-state index contributed by atoms with van der Waals surface area (Å²) in [5, 5.41) is -0.557. The lowest BCUT2D eigenvalue weighted by Gasteiger charge is -2.34. The first-order valence-electron chi connectivity index (χ1n) is 6.38. The summed E-state index contributed by atoms with van der Waals surface area (Å²) in [7, 11) is -3.19. The Labute approximate surface area is 133 Å². The summed E-state index contributed by atoms with van der Waals surface area (Å²) in [5.74, 6) is 0.993. The molecule has 116 valence electrons. The number of halogens is 1. The van der Waals surface area contributed by atoms with Crippen molar-refractivity contribution in [1.29, 1.82) is 0 Å². The molecule has 2 rings (SSSR count). The smallest absolute Gasteiger partial charge is 0.164 e. The highest BCUT2D eigenvalue weighted by molar-refractivity contribution is 8.00. The number of thioether (sulfide) groups is 1. The van der Waals surface area contributed by atoms with Gasteiger partial charge in [0.1, 0.15) is 16.2 Å². The van der Waals surface area contributed by atoms with Crippen molar-refractivity contribution in [3.63, 3.8) is 0 Å². The lowest BCUT2D eigenvalue weighted by molar-refractivity contribution is 0.262. The van der Waals surface area contributed by atoms with Gasteiger partial charge in [-0.2, -0.15) is 11.8 Å². The van der Waals surface area contributed by atoms with E-state index in [2.05, 4.69) is 0 Å². The first-order chi connectivity index (χ1) is 9.79. The Morgan fingerprint density at radius 3 is 2.90 bits per heavy atom. The van der Waals surface area contributed by atoms with E-state index in [9.17, 15) is 12.8 Å². The van der Waals surface area contributed by atoms with E-state index < -0.39 is 15.2 Å². The SMILES string of the molecule is CS(=O)(=O)C1CSCCN1Cc1cc(F)ccc1C(N)=S. The van der Waals surface area contributed by atoms with Gasteiger partial charge < -0.3 is 5.73 Å². The van der Waals surface area contributed by atoms with Gasteiger partial charge in [0.2, 0.25) is 0 Å². The zero-order valence-corrected chi connectivity index (χ0v) is 14.0. The largest absolute Gasteiger partial charge is 0.389 e. The molecular formula is C13H17FN2O2S3. The molecule has 1 heterocycles. The number of benzene rings is 1. The third-order valence-corrected chi connectivity index (χ3v) is 6.30. The molecule has 0 amide bonds. The second kappa shape index (κ2) is 6.60. The van der Waals surface area contributed by atoms with Crippen LogP contribution in [0.3, 0.4) is 0 Å². The van der Waals surface area contributed by atoms with Gasteiger partial charge in [0, 0.05) is 36.4 Å². The maximum absolute atomic E-state index is 13.5. The minimum Gasteiger partial charge on any atom is -0.389 e. The Balaban J connectivity index is 2.31. The van der Waals surface area contributed by atoms with Crippen molar-refractivity contribution in [2.45, 2.75) is 11.9 Å². The zero-order chi connectivity index (χ0) is 15.6. The van der Waals surface area contributed by atoms with Crippen molar-refractivity contribution in [3.8, 4) is 0 Å². The monoisotopic (exact) mass is 348 g/mol. The second-order valence-corrected chi connectivity index (χ2v) is 8.79. The van der Waals surface area contributed by atoms with Crippen LogP contribution in [-0.4, -0.2) is 48.0 Å². The van der Waals surface area contributed by atoms with E-state index in [1.165, 1.54) is 18.4 Å².